The van der Waals surface area contributed by atoms with E-state index in [9.17, 15) is 14.7 Å². The van der Waals surface area contributed by atoms with Gasteiger partial charge in [-0.1, -0.05) is 39.0 Å². The molecule has 0 rings (SSSR count). The molecular formula is C14H25KO4. The Morgan fingerprint density at radius 2 is 1.47 bits per heavy atom. The molecule has 0 fully saturated rings. The summed E-state index contributed by atoms with van der Waals surface area (Å²) in [6, 6.07) is 0. The molecule has 0 aromatic rings. The van der Waals surface area contributed by atoms with Gasteiger partial charge in [-0.3, -0.25) is 4.79 Å². The van der Waals surface area contributed by atoms with E-state index in [0.717, 1.165) is 12.8 Å². The van der Waals surface area contributed by atoms with E-state index in [0.29, 0.717) is 25.9 Å². The second-order valence-electron chi connectivity index (χ2n) is 4.57. The molecule has 0 aromatic heterocycles. The van der Waals surface area contributed by atoms with Crippen LogP contribution in [0.15, 0.2) is 0 Å². The van der Waals surface area contributed by atoms with Crippen molar-refractivity contribution in [1.29, 1.82) is 0 Å². The molecule has 0 N–H and O–H groups in total. The van der Waals surface area contributed by atoms with Crippen LogP contribution in [0.5, 0.6) is 0 Å². The molecule has 4 nitrogen and oxygen atoms in total. The maximum absolute atomic E-state index is 11.2. The van der Waals surface area contributed by atoms with Crippen molar-refractivity contribution in [2.75, 3.05) is 6.61 Å². The van der Waals surface area contributed by atoms with Gasteiger partial charge in [0.25, 0.3) is 0 Å². The fourth-order valence-electron chi connectivity index (χ4n) is 1.68. The van der Waals surface area contributed by atoms with Crippen LogP contribution in [0, 0.1) is 0 Å². The molecule has 0 aromatic carbocycles. The van der Waals surface area contributed by atoms with Crippen LogP contribution in [0.4, 0.5) is 0 Å². The van der Waals surface area contributed by atoms with E-state index in [1.165, 1.54) is 25.7 Å². The summed E-state index contributed by atoms with van der Waals surface area (Å²) in [5.74, 6) is -1.28. The van der Waals surface area contributed by atoms with Crippen molar-refractivity contribution in [2.45, 2.75) is 71.1 Å². The monoisotopic (exact) mass is 296 g/mol. The molecule has 19 heavy (non-hydrogen) atoms. The number of carboxylic acids is 1. The zero-order valence-electron chi connectivity index (χ0n) is 12.4. The first kappa shape index (κ1) is 21.9. The van der Waals surface area contributed by atoms with Crippen molar-refractivity contribution < 1.29 is 70.8 Å². The van der Waals surface area contributed by atoms with Crippen LogP contribution in [0.25, 0.3) is 0 Å². The van der Waals surface area contributed by atoms with Crippen LogP contribution in [0.3, 0.4) is 0 Å². The molecular weight excluding hydrogens is 271 g/mol. The first-order valence-corrected chi connectivity index (χ1v) is 7.02. The molecule has 0 aliphatic heterocycles. The van der Waals surface area contributed by atoms with Gasteiger partial charge in [0.2, 0.25) is 0 Å². The first-order chi connectivity index (χ1) is 8.66. The van der Waals surface area contributed by atoms with E-state index in [4.69, 9.17) is 4.74 Å². The molecule has 106 valence electrons. The van der Waals surface area contributed by atoms with Gasteiger partial charge < -0.3 is 14.6 Å². The van der Waals surface area contributed by atoms with Crippen LogP contribution in [0.1, 0.15) is 71.1 Å². The fraction of sp³-hybridized carbons (Fsp3) is 0.857. The normalized spacial score (nSPS) is 9.74. The van der Waals surface area contributed by atoms with Crippen molar-refractivity contribution in [2.24, 2.45) is 0 Å². The van der Waals surface area contributed by atoms with Gasteiger partial charge in [-0.25, -0.2) is 0 Å². The molecule has 0 atom stereocenters. The van der Waals surface area contributed by atoms with Crippen molar-refractivity contribution >= 4 is 11.9 Å². The second-order valence-corrected chi connectivity index (χ2v) is 4.57. The minimum absolute atomic E-state index is 0. The van der Waals surface area contributed by atoms with Crippen molar-refractivity contribution in [1.82, 2.24) is 0 Å². The summed E-state index contributed by atoms with van der Waals surface area (Å²) in [5, 5.41) is 10.1. The van der Waals surface area contributed by atoms with Crippen molar-refractivity contribution in [3.63, 3.8) is 0 Å². The number of ether oxygens (including phenoxy) is 1. The Morgan fingerprint density at radius 3 is 2.11 bits per heavy atom. The number of carboxylic acid groups (broad SMARTS) is 1. The fourth-order valence-corrected chi connectivity index (χ4v) is 1.68. The van der Waals surface area contributed by atoms with E-state index in [2.05, 4.69) is 6.92 Å². The van der Waals surface area contributed by atoms with Crippen LogP contribution >= 0.6 is 0 Å². The summed E-state index contributed by atoms with van der Waals surface area (Å²) in [5.41, 5.74) is 0. The maximum Gasteiger partial charge on any atom is 1.00 e. The largest absolute Gasteiger partial charge is 1.00 e. The first-order valence-electron chi connectivity index (χ1n) is 7.02. The quantitative estimate of drug-likeness (QED) is 0.269. The molecule has 0 amide bonds. The number of hydrogen-bond acceptors (Lipinski definition) is 4. The predicted octanol–water partition coefficient (Wildman–Crippen LogP) is -0.796. The van der Waals surface area contributed by atoms with Gasteiger partial charge in [0.1, 0.15) is 0 Å². The number of aliphatic carboxylic acids is 1. The Hall–Kier alpha value is 0.576. The summed E-state index contributed by atoms with van der Waals surface area (Å²) >= 11 is 0. The Labute approximate surface area is 159 Å². The van der Waals surface area contributed by atoms with Gasteiger partial charge in [0, 0.05) is 12.4 Å². The van der Waals surface area contributed by atoms with Crippen molar-refractivity contribution in [3.05, 3.63) is 0 Å². The molecule has 0 bridgehead atoms. The van der Waals surface area contributed by atoms with Gasteiger partial charge in [-0.15, -0.1) is 0 Å². The minimum atomic E-state index is -1.06. The standard InChI is InChI=1S/C14H26O4.K/c1-2-3-4-5-6-9-12-18-14(17)11-8-7-10-13(15)16;/h2-12H2,1H3,(H,15,16);/q;+1/p-1. The Bertz CT molecular complexity index is 231. The summed E-state index contributed by atoms with van der Waals surface area (Å²) in [7, 11) is 0. The van der Waals surface area contributed by atoms with Crippen LogP contribution in [-0.4, -0.2) is 18.5 Å². The average Bonchev–Trinajstić information content (AvgIpc) is 2.33. The number of esters is 1. The zero-order chi connectivity index (χ0) is 13.6. The van der Waals surface area contributed by atoms with Gasteiger partial charge in [-0.05, 0) is 25.7 Å². The zero-order valence-corrected chi connectivity index (χ0v) is 15.5. The SMILES string of the molecule is CCCCCCCCOC(=O)CCCCC(=O)[O-].[K+]. The van der Waals surface area contributed by atoms with Gasteiger partial charge in [0.15, 0.2) is 0 Å². The third-order valence-electron chi connectivity index (χ3n) is 2.77. The van der Waals surface area contributed by atoms with E-state index in [1.807, 2.05) is 0 Å². The van der Waals surface area contributed by atoms with E-state index in [-0.39, 0.29) is 63.8 Å². The second kappa shape index (κ2) is 16.6. The Morgan fingerprint density at radius 1 is 0.895 bits per heavy atom. The average molecular weight is 296 g/mol. The summed E-state index contributed by atoms with van der Waals surface area (Å²) in [4.78, 5) is 21.4. The topological polar surface area (TPSA) is 66.4 Å². The molecule has 0 aliphatic rings. The molecule has 5 heteroatoms. The molecule has 0 saturated carbocycles. The Kier molecular flexibility index (Phi) is 19.1. The minimum Gasteiger partial charge on any atom is -0.550 e. The molecule has 0 unspecified atom stereocenters. The summed E-state index contributed by atoms with van der Waals surface area (Å²) in [6.07, 6.45) is 8.38. The maximum atomic E-state index is 11.2. The number of carbonyl (C=O) groups excluding carboxylic acids is 2. The third-order valence-corrected chi connectivity index (χ3v) is 2.77. The van der Waals surface area contributed by atoms with E-state index < -0.39 is 5.97 Å². The van der Waals surface area contributed by atoms with Crippen LogP contribution in [0.2, 0.25) is 0 Å². The molecule has 0 spiro atoms. The molecule has 0 saturated heterocycles. The smallest absolute Gasteiger partial charge is 0.550 e. The molecule has 0 aliphatic carbocycles. The number of hydrogen-bond donors (Lipinski definition) is 0. The van der Waals surface area contributed by atoms with Gasteiger partial charge in [0.05, 0.1) is 6.61 Å². The van der Waals surface area contributed by atoms with E-state index >= 15 is 0 Å². The molecule has 0 heterocycles. The Balaban J connectivity index is 0. The molecule has 0 radical (unpaired) electrons. The predicted molar refractivity (Wildman–Crippen MR) is 67.8 cm³/mol. The summed E-state index contributed by atoms with van der Waals surface area (Å²) < 4.78 is 5.05. The van der Waals surface area contributed by atoms with Gasteiger partial charge in [-0.2, -0.15) is 0 Å². The van der Waals surface area contributed by atoms with E-state index in [1.54, 1.807) is 0 Å². The number of carbonyl (C=O) groups is 2. The number of unbranched alkanes of at least 4 members (excludes halogenated alkanes) is 6. The van der Waals surface area contributed by atoms with Crippen LogP contribution < -0.4 is 56.5 Å². The van der Waals surface area contributed by atoms with Crippen LogP contribution in [-0.2, 0) is 14.3 Å². The summed E-state index contributed by atoms with van der Waals surface area (Å²) in [6.45, 7) is 2.67. The van der Waals surface area contributed by atoms with Gasteiger partial charge >= 0.3 is 57.4 Å². The number of rotatable bonds is 12. The van der Waals surface area contributed by atoms with Crippen molar-refractivity contribution in [3.8, 4) is 0 Å². The third kappa shape index (κ3) is 18.6.